The molecule has 0 saturated carbocycles. The fourth-order valence-corrected chi connectivity index (χ4v) is 3.07. The summed E-state index contributed by atoms with van der Waals surface area (Å²) in [5, 5.41) is 8.28. The molecule has 1 amide bonds. The Bertz CT molecular complexity index is 548. The molecule has 2 aromatic rings. The van der Waals surface area contributed by atoms with E-state index in [0.29, 0.717) is 6.54 Å². The van der Waals surface area contributed by atoms with Crippen LogP contribution in [0.4, 0.5) is 0 Å². The third-order valence-electron chi connectivity index (χ3n) is 3.16. The molecule has 5 nitrogen and oxygen atoms in total. The van der Waals surface area contributed by atoms with Gasteiger partial charge in [0.15, 0.2) is 0 Å². The van der Waals surface area contributed by atoms with E-state index in [1.807, 2.05) is 24.0 Å². The molecular formula is C12H14N4OS. The average Bonchev–Trinajstić information content (AvgIpc) is 3.09. The van der Waals surface area contributed by atoms with Crippen molar-refractivity contribution in [1.29, 1.82) is 0 Å². The first kappa shape index (κ1) is 11.4. The van der Waals surface area contributed by atoms with Gasteiger partial charge in [-0.15, -0.1) is 11.3 Å². The molecule has 3 heterocycles. The second-order valence-corrected chi connectivity index (χ2v) is 5.74. The van der Waals surface area contributed by atoms with Crippen molar-refractivity contribution in [3.63, 3.8) is 0 Å². The Labute approximate surface area is 109 Å². The summed E-state index contributed by atoms with van der Waals surface area (Å²) >= 11 is 1.55. The number of rotatable bonds is 2. The van der Waals surface area contributed by atoms with E-state index in [0.717, 1.165) is 17.8 Å². The molecule has 0 spiro atoms. The van der Waals surface area contributed by atoms with Crippen LogP contribution < -0.4 is 0 Å². The van der Waals surface area contributed by atoms with E-state index in [4.69, 9.17) is 0 Å². The van der Waals surface area contributed by atoms with Crippen molar-refractivity contribution in [3.8, 4) is 0 Å². The number of hydrogen-bond acceptors (Lipinski definition) is 4. The van der Waals surface area contributed by atoms with Crippen molar-refractivity contribution >= 4 is 17.2 Å². The number of carbonyl (C=O) groups excluding carboxylic acids is 1. The monoisotopic (exact) mass is 262 g/mol. The predicted molar refractivity (Wildman–Crippen MR) is 68.6 cm³/mol. The second-order valence-electron chi connectivity index (χ2n) is 4.45. The van der Waals surface area contributed by atoms with Crippen molar-refractivity contribution in [2.24, 2.45) is 0 Å². The predicted octanol–water partition coefficient (Wildman–Crippen LogP) is 1.74. The molecule has 94 valence electrons. The van der Waals surface area contributed by atoms with Crippen LogP contribution in [0.2, 0.25) is 0 Å². The SMILES string of the molecule is Cc1ccc(C(=O)N2CCC(n3nccn3)C2)s1. The van der Waals surface area contributed by atoms with Gasteiger partial charge in [-0.1, -0.05) is 0 Å². The van der Waals surface area contributed by atoms with Gasteiger partial charge in [0.25, 0.3) is 5.91 Å². The summed E-state index contributed by atoms with van der Waals surface area (Å²) in [6.45, 7) is 3.49. The highest BCUT2D eigenvalue weighted by Crippen LogP contribution is 2.24. The van der Waals surface area contributed by atoms with E-state index >= 15 is 0 Å². The minimum atomic E-state index is 0.128. The Morgan fingerprint density at radius 3 is 2.83 bits per heavy atom. The van der Waals surface area contributed by atoms with Crippen LogP contribution in [-0.4, -0.2) is 38.9 Å². The van der Waals surface area contributed by atoms with Gasteiger partial charge in [0.2, 0.25) is 0 Å². The number of aryl methyl sites for hydroxylation is 1. The summed E-state index contributed by atoms with van der Waals surface area (Å²) in [5.41, 5.74) is 0. The highest BCUT2D eigenvalue weighted by Gasteiger charge is 2.29. The minimum Gasteiger partial charge on any atom is -0.336 e. The van der Waals surface area contributed by atoms with Gasteiger partial charge in [-0.05, 0) is 25.5 Å². The molecule has 1 aliphatic heterocycles. The molecule has 1 unspecified atom stereocenters. The quantitative estimate of drug-likeness (QED) is 0.828. The summed E-state index contributed by atoms with van der Waals surface area (Å²) in [7, 11) is 0. The first-order valence-electron chi connectivity index (χ1n) is 5.95. The number of likely N-dealkylation sites (tertiary alicyclic amines) is 1. The number of hydrogen-bond donors (Lipinski definition) is 0. The molecule has 0 N–H and O–H groups in total. The standard InChI is InChI=1S/C12H14N4OS/c1-9-2-3-11(18-9)12(17)15-7-4-10(8-15)16-13-5-6-14-16/h2-3,5-6,10H,4,7-8H2,1H3. The number of carbonyl (C=O) groups is 1. The molecule has 0 aromatic carbocycles. The molecule has 6 heteroatoms. The first-order valence-corrected chi connectivity index (χ1v) is 6.77. The fourth-order valence-electron chi connectivity index (χ4n) is 2.23. The van der Waals surface area contributed by atoms with E-state index in [-0.39, 0.29) is 11.9 Å². The van der Waals surface area contributed by atoms with E-state index in [9.17, 15) is 4.79 Å². The van der Waals surface area contributed by atoms with Crippen LogP contribution in [0.1, 0.15) is 27.0 Å². The van der Waals surface area contributed by atoms with Gasteiger partial charge in [0.05, 0.1) is 23.3 Å². The largest absolute Gasteiger partial charge is 0.336 e. The van der Waals surface area contributed by atoms with Gasteiger partial charge in [-0.3, -0.25) is 4.79 Å². The van der Waals surface area contributed by atoms with E-state index < -0.39 is 0 Å². The van der Waals surface area contributed by atoms with Gasteiger partial charge >= 0.3 is 0 Å². The molecule has 1 aliphatic rings. The number of aromatic nitrogens is 3. The molecule has 1 saturated heterocycles. The normalized spacial score (nSPS) is 19.4. The maximum Gasteiger partial charge on any atom is 0.264 e. The zero-order valence-corrected chi connectivity index (χ0v) is 10.9. The molecule has 0 bridgehead atoms. The summed E-state index contributed by atoms with van der Waals surface area (Å²) in [6.07, 6.45) is 4.27. The summed E-state index contributed by atoms with van der Waals surface area (Å²) < 4.78 is 0. The van der Waals surface area contributed by atoms with E-state index in [1.54, 1.807) is 28.5 Å². The Morgan fingerprint density at radius 2 is 2.17 bits per heavy atom. The van der Waals surface area contributed by atoms with Crippen molar-refractivity contribution in [3.05, 3.63) is 34.3 Å². The second kappa shape index (κ2) is 4.53. The van der Waals surface area contributed by atoms with Gasteiger partial charge < -0.3 is 4.90 Å². The number of thiophene rings is 1. The van der Waals surface area contributed by atoms with Gasteiger partial charge in [0.1, 0.15) is 0 Å². The Morgan fingerprint density at radius 1 is 1.39 bits per heavy atom. The van der Waals surface area contributed by atoms with Crippen molar-refractivity contribution in [1.82, 2.24) is 19.9 Å². The maximum absolute atomic E-state index is 12.3. The van der Waals surface area contributed by atoms with Crippen LogP contribution in [0.5, 0.6) is 0 Å². The Hall–Kier alpha value is -1.69. The van der Waals surface area contributed by atoms with E-state index in [2.05, 4.69) is 10.2 Å². The molecule has 0 aliphatic carbocycles. The Balaban J connectivity index is 1.70. The van der Waals surface area contributed by atoms with Crippen LogP contribution in [0.25, 0.3) is 0 Å². The highest BCUT2D eigenvalue weighted by atomic mass is 32.1. The third-order valence-corrected chi connectivity index (χ3v) is 4.15. The number of amides is 1. The summed E-state index contributed by atoms with van der Waals surface area (Å²) in [5.74, 6) is 0.128. The van der Waals surface area contributed by atoms with Crippen LogP contribution >= 0.6 is 11.3 Å². The van der Waals surface area contributed by atoms with Gasteiger partial charge in [0, 0.05) is 18.0 Å². The lowest BCUT2D eigenvalue weighted by Crippen LogP contribution is -2.28. The van der Waals surface area contributed by atoms with Crippen LogP contribution in [0.15, 0.2) is 24.5 Å². The van der Waals surface area contributed by atoms with Crippen molar-refractivity contribution in [2.45, 2.75) is 19.4 Å². The van der Waals surface area contributed by atoms with Crippen molar-refractivity contribution in [2.75, 3.05) is 13.1 Å². The average molecular weight is 262 g/mol. The van der Waals surface area contributed by atoms with Crippen LogP contribution in [0, 0.1) is 6.92 Å². The van der Waals surface area contributed by atoms with Gasteiger partial charge in [-0.2, -0.15) is 15.0 Å². The molecule has 1 fully saturated rings. The minimum absolute atomic E-state index is 0.128. The molecule has 3 rings (SSSR count). The molecule has 0 radical (unpaired) electrons. The molecule has 18 heavy (non-hydrogen) atoms. The lowest BCUT2D eigenvalue weighted by atomic mass is 10.3. The molecular weight excluding hydrogens is 248 g/mol. The zero-order valence-electron chi connectivity index (χ0n) is 10.1. The first-order chi connectivity index (χ1) is 8.74. The molecule has 1 atom stereocenters. The lowest BCUT2D eigenvalue weighted by molar-refractivity contribution is 0.0791. The van der Waals surface area contributed by atoms with Crippen LogP contribution in [-0.2, 0) is 0 Å². The van der Waals surface area contributed by atoms with Crippen LogP contribution in [0.3, 0.4) is 0 Å². The lowest BCUT2D eigenvalue weighted by Gasteiger charge is -2.15. The number of nitrogens with zero attached hydrogens (tertiary/aromatic N) is 4. The fraction of sp³-hybridized carbons (Fsp3) is 0.417. The van der Waals surface area contributed by atoms with E-state index in [1.165, 1.54) is 4.88 Å². The maximum atomic E-state index is 12.3. The highest BCUT2D eigenvalue weighted by molar-refractivity contribution is 7.13. The smallest absolute Gasteiger partial charge is 0.264 e. The zero-order chi connectivity index (χ0) is 12.5. The topological polar surface area (TPSA) is 51.0 Å². The van der Waals surface area contributed by atoms with Gasteiger partial charge in [-0.25, -0.2) is 0 Å². The summed E-state index contributed by atoms with van der Waals surface area (Å²) in [6, 6.07) is 4.10. The van der Waals surface area contributed by atoms with Crippen molar-refractivity contribution < 1.29 is 4.79 Å². The Kier molecular flexibility index (Phi) is 2.87. The summed E-state index contributed by atoms with van der Waals surface area (Å²) in [4.78, 5) is 17.8. The molecule has 2 aromatic heterocycles. The third kappa shape index (κ3) is 2.03.